The van der Waals surface area contributed by atoms with Gasteiger partial charge in [-0.3, -0.25) is 0 Å². The molecule has 0 bridgehead atoms. The highest BCUT2D eigenvalue weighted by Gasteiger charge is 2.13. The Labute approximate surface area is 132 Å². The third kappa shape index (κ3) is 3.80. The SMILES string of the molecule is COCc1nc(CNc2cc(C(=O)OC)cc(F)c2C)cs1. The van der Waals surface area contributed by atoms with Crippen molar-refractivity contribution >= 4 is 23.0 Å². The van der Waals surface area contributed by atoms with Crippen LogP contribution >= 0.6 is 11.3 Å². The molecule has 1 heterocycles. The van der Waals surface area contributed by atoms with Crippen LogP contribution in [0.3, 0.4) is 0 Å². The lowest BCUT2D eigenvalue weighted by Gasteiger charge is -2.11. The number of carbonyl (C=O) groups is 1. The van der Waals surface area contributed by atoms with Crippen LogP contribution in [0.25, 0.3) is 0 Å². The fourth-order valence-electron chi connectivity index (χ4n) is 1.90. The van der Waals surface area contributed by atoms with Gasteiger partial charge in [0.05, 0.1) is 31.5 Å². The summed E-state index contributed by atoms with van der Waals surface area (Å²) in [6.07, 6.45) is 0. The lowest BCUT2D eigenvalue weighted by molar-refractivity contribution is 0.0600. The molecule has 0 aliphatic carbocycles. The van der Waals surface area contributed by atoms with Crippen molar-refractivity contribution in [1.82, 2.24) is 4.98 Å². The predicted octanol–water partition coefficient (Wildman–Crippen LogP) is 3.14. The second-order valence-electron chi connectivity index (χ2n) is 4.64. The van der Waals surface area contributed by atoms with Gasteiger partial charge in [-0.15, -0.1) is 11.3 Å². The zero-order chi connectivity index (χ0) is 16.1. The van der Waals surface area contributed by atoms with Gasteiger partial charge in [0.15, 0.2) is 0 Å². The summed E-state index contributed by atoms with van der Waals surface area (Å²) in [5.41, 5.74) is 1.99. The quantitative estimate of drug-likeness (QED) is 0.827. The molecule has 0 radical (unpaired) electrons. The van der Waals surface area contributed by atoms with Gasteiger partial charge in [-0.1, -0.05) is 0 Å². The molecule has 0 unspecified atom stereocenters. The van der Waals surface area contributed by atoms with E-state index in [-0.39, 0.29) is 5.56 Å². The van der Waals surface area contributed by atoms with Crippen LogP contribution in [0.1, 0.15) is 26.6 Å². The van der Waals surface area contributed by atoms with Crippen LogP contribution in [-0.4, -0.2) is 25.2 Å². The average Bonchev–Trinajstić information content (AvgIpc) is 2.95. The van der Waals surface area contributed by atoms with E-state index < -0.39 is 11.8 Å². The summed E-state index contributed by atoms with van der Waals surface area (Å²) >= 11 is 1.50. The molecular weight excluding hydrogens is 307 g/mol. The highest BCUT2D eigenvalue weighted by molar-refractivity contribution is 7.09. The fraction of sp³-hybridized carbons (Fsp3) is 0.333. The van der Waals surface area contributed by atoms with Crippen LogP contribution in [0.2, 0.25) is 0 Å². The van der Waals surface area contributed by atoms with Crippen molar-refractivity contribution in [3.63, 3.8) is 0 Å². The summed E-state index contributed by atoms with van der Waals surface area (Å²) in [5, 5.41) is 5.89. The minimum atomic E-state index is -0.571. The monoisotopic (exact) mass is 324 g/mol. The number of aromatic nitrogens is 1. The van der Waals surface area contributed by atoms with Crippen molar-refractivity contribution < 1.29 is 18.7 Å². The lowest BCUT2D eigenvalue weighted by Crippen LogP contribution is -2.07. The van der Waals surface area contributed by atoms with E-state index in [2.05, 4.69) is 15.0 Å². The maximum Gasteiger partial charge on any atom is 0.338 e. The van der Waals surface area contributed by atoms with Crippen LogP contribution in [-0.2, 0) is 22.6 Å². The molecule has 2 rings (SSSR count). The van der Waals surface area contributed by atoms with Crippen molar-refractivity contribution in [2.45, 2.75) is 20.1 Å². The third-order valence-corrected chi connectivity index (χ3v) is 3.96. The standard InChI is InChI=1S/C15H17FN2O3S/c1-9-12(16)4-10(15(19)21-3)5-13(9)17-6-11-8-22-14(18-11)7-20-2/h4-5,8,17H,6-7H2,1-3H3. The van der Waals surface area contributed by atoms with Crippen LogP contribution in [0.15, 0.2) is 17.5 Å². The van der Waals surface area contributed by atoms with Gasteiger partial charge in [0.1, 0.15) is 10.8 Å². The average molecular weight is 324 g/mol. The molecule has 118 valence electrons. The molecule has 0 spiro atoms. The zero-order valence-corrected chi connectivity index (χ0v) is 13.4. The van der Waals surface area contributed by atoms with Crippen molar-refractivity contribution in [3.8, 4) is 0 Å². The Bertz CT molecular complexity index is 673. The lowest BCUT2D eigenvalue weighted by atomic mass is 10.1. The highest BCUT2D eigenvalue weighted by atomic mass is 32.1. The Morgan fingerprint density at radius 1 is 1.41 bits per heavy atom. The van der Waals surface area contributed by atoms with Crippen molar-refractivity contribution in [2.24, 2.45) is 0 Å². The van der Waals surface area contributed by atoms with Crippen LogP contribution in [0.4, 0.5) is 10.1 Å². The van der Waals surface area contributed by atoms with Gasteiger partial charge >= 0.3 is 5.97 Å². The summed E-state index contributed by atoms with van der Waals surface area (Å²) in [7, 11) is 2.88. The molecule has 1 aromatic carbocycles. The Morgan fingerprint density at radius 2 is 2.18 bits per heavy atom. The Kier molecular flexibility index (Phi) is 5.46. The number of nitrogens with zero attached hydrogens (tertiary/aromatic N) is 1. The number of benzene rings is 1. The molecule has 1 N–H and O–H groups in total. The molecule has 0 saturated carbocycles. The largest absolute Gasteiger partial charge is 0.465 e. The summed E-state index contributed by atoms with van der Waals surface area (Å²) in [6.45, 7) is 2.55. The van der Waals surface area contributed by atoms with E-state index in [1.54, 1.807) is 20.1 Å². The zero-order valence-electron chi connectivity index (χ0n) is 12.6. The van der Waals surface area contributed by atoms with Gasteiger partial charge in [-0.2, -0.15) is 0 Å². The molecule has 0 atom stereocenters. The molecule has 0 saturated heterocycles. The van der Waals surface area contributed by atoms with Gasteiger partial charge in [0.2, 0.25) is 0 Å². The van der Waals surface area contributed by atoms with Crippen molar-refractivity contribution in [1.29, 1.82) is 0 Å². The van der Waals surface area contributed by atoms with Crippen LogP contribution in [0, 0.1) is 12.7 Å². The number of halogens is 1. The number of thiazole rings is 1. The first-order chi connectivity index (χ1) is 10.5. The Hall–Kier alpha value is -1.99. The number of esters is 1. The maximum absolute atomic E-state index is 13.9. The number of hydrogen-bond donors (Lipinski definition) is 1. The predicted molar refractivity (Wildman–Crippen MR) is 82.6 cm³/mol. The molecular formula is C15H17FN2O3S. The number of methoxy groups -OCH3 is 2. The van der Waals surface area contributed by atoms with E-state index in [1.807, 2.05) is 5.38 Å². The minimum Gasteiger partial charge on any atom is -0.465 e. The summed E-state index contributed by atoms with van der Waals surface area (Å²) in [6, 6.07) is 2.75. The summed E-state index contributed by atoms with van der Waals surface area (Å²) < 4.78 is 23.5. The molecule has 0 aliphatic rings. The van der Waals surface area contributed by atoms with E-state index in [4.69, 9.17) is 4.74 Å². The van der Waals surface area contributed by atoms with E-state index in [1.165, 1.54) is 24.5 Å². The highest BCUT2D eigenvalue weighted by Crippen LogP contribution is 2.22. The van der Waals surface area contributed by atoms with Crippen LogP contribution < -0.4 is 5.32 Å². The second-order valence-corrected chi connectivity index (χ2v) is 5.58. The first-order valence-corrected chi connectivity index (χ1v) is 7.47. The van der Waals surface area contributed by atoms with Gasteiger partial charge in [-0.25, -0.2) is 14.2 Å². The maximum atomic E-state index is 13.9. The normalized spacial score (nSPS) is 10.5. The Morgan fingerprint density at radius 3 is 2.86 bits per heavy atom. The molecule has 0 fully saturated rings. The smallest absolute Gasteiger partial charge is 0.338 e. The summed E-state index contributed by atoms with van der Waals surface area (Å²) in [5.74, 6) is -1.03. The number of ether oxygens (including phenoxy) is 2. The topological polar surface area (TPSA) is 60.5 Å². The molecule has 2 aromatic rings. The van der Waals surface area contributed by atoms with E-state index >= 15 is 0 Å². The first kappa shape index (κ1) is 16.4. The molecule has 1 aromatic heterocycles. The minimum absolute atomic E-state index is 0.173. The number of nitrogens with one attached hydrogen (secondary N) is 1. The second kappa shape index (κ2) is 7.33. The number of rotatable bonds is 6. The van der Waals surface area contributed by atoms with Gasteiger partial charge < -0.3 is 14.8 Å². The van der Waals surface area contributed by atoms with Gasteiger partial charge in [0.25, 0.3) is 0 Å². The summed E-state index contributed by atoms with van der Waals surface area (Å²) in [4.78, 5) is 15.9. The molecule has 22 heavy (non-hydrogen) atoms. The molecule has 0 amide bonds. The van der Waals surface area contributed by atoms with E-state index in [0.717, 1.165) is 10.7 Å². The van der Waals surface area contributed by atoms with Gasteiger partial charge in [0, 0.05) is 23.7 Å². The van der Waals surface area contributed by atoms with Crippen molar-refractivity contribution in [3.05, 3.63) is 45.2 Å². The number of anilines is 1. The number of carbonyl (C=O) groups excluding carboxylic acids is 1. The third-order valence-electron chi connectivity index (χ3n) is 3.09. The molecule has 7 heteroatoms. The molecule has 5 nitrogen and oxygen atoms in total. The molecule has 0 aliphatic heterocycles. The number of hydrogen-bond acceptors (Lipinski definition) is 6. The van der Waals surface area contributed by atoms with E-state index in [9.17, 15) is 9.18 Å². The first-order valence-electron chi connectivity index (χ1n) is 6.59. The van der Waals surface area contributed by atoms with E-state index in [0.29, 0.717) is 24.4 Å². The Balaban J connectivity index is 2.14. The van der Waals surface area contributed by atoms with Crippen LogP contribution in [0.5, 0.6) is 0 Å². The van der Waals surface area contributed by atoms with Crippen molar-refractivity contribution in [2.75, 3.05) is 19.5 Å². The fourth-order valence-corrected chi connectivity index (χ4v) is 2.67. The van der Waals surface area contributed by atoms with Gasteiger partial charge in [-0.05, 0) is 19.1 Å².